The van der Waals surface area contributed by atoms with E-state index in [9.17, 15) is 4.79 Å². The van der Waals surface area contributed by atoms with E-state index >= 15 is 0 Å². The highest BCUT2D eigenvalue weighted by Gasteiger charge is 2.09. The molecule has 0 saturated heterocycles. The highest BCUT2D eigenvalue weighted by molar-refractivity contribution is 6.00. The van der Waals surface area contributed by atoms with Crippen LogP contribution in [0.15, 0.2) is 18.2 Å². The van der Waals surface area contributed by atoms with Crippen molar-refractivity contribution in [2.45, 2.75) is 32.7 Å². The lowest BCUT2D eigenvalue weighted by Crippen LogP contribution is -2.20. The maximum Gasteiger partial charge on any atom is 0.161 e. The summed E-state index contributed by atoms with van der Waals surface area (Å²) < 4.78 is 0. The summed E-state index contributed by atoms with van der Waals surface area (Å²) in [5.74, 6) is -0.0404. The monoisotopic (exact) mass is 236 g/mol. The molecule has 0 bridgehead atoms. The summed E-state index contributed by atoms with van der Waals surface area (Å²) >= 11 is 0. The number of aliphatic hydroxyl groups excluding tert-OH is 1. The van der Waals surface area contributed by atoms with Crippen molar-refractivity contribution >= 4 is 17.2 Å². The molecule has 0 fully saturated rings. The molecule has 0 amide bonds. The maximum atomic E-state index is 11.4. The molecule has 1 unspecified atom stereocenters. The van der Waals surface area contributed by atoms with E-state index in [1.165, 1.54) is 6.92 Å². The molecule has 0 radical (unpaired) electrons. The van der Waals surface area contributed by atoms with E-state index in [1.807, 2.05) is 6.07 Å². The zero-order chi connectivity index (χ0) is 12.8. The van der Waals surface area contributed by atoms with Gasteiger partial charge in [0, 0.05) is 29.6 Å². The Kier molecular flexibility index (Phi) is 4.97. The summed E-state index contributed by atoms with van der Waals surface area (Å²) in [5, 5.41) is 12.2. The van der Waals surface area contributed by atoms with E-state index in [0.717, 1.165) is 12.1 Å². The van der Waals surface area contributed by atoms with Gasteiger partial charge in [-0.05, 0) is 38.0 Å². The molecule has 94 valence electrons. The van der Waals surface area contributed by atoms with Gasteiger partial charge in [-0.15, -0.1) is 0 Å². The number of aliphatic hydroxyl groups is 1. The molecule has 0 spiro atoms. The number of nitrogens with two attached hydrogens (primary N) is 1. The summed E-state index contributed by atoms with van der Waals surface area (Å²) in [4.78, 5) is 11.4. The van der Waals surface area contributed by atoms with Gasteiger partial charge >= 0.3 is 0 Å². The van der Waals surface area contributed by atoms with Crippen molar-refractivity contribution in [3.05, 3.63) is 23.8 Å². The molecular weight excluding hydrogens is 216 g/mol. The number of hydrogen-bond acceptors (Lipinski definition) is 4. The molecule has 0 heterocycles. The Labute approximate surface area is 102 Å². The van der Waals surface area contributed by atoms with Gasteiger partial charge in [0.25, 0.3) is 0 Å². The third-order valence-corrected chi connectivity index (χ3v) is 2.77. The Morgan fingerprint density at radius 3 is 2.76 bits per heavy atom. The number of hydrogen-bond donors (Lipinski definition) is 3. The number of rotatable bonds is 6. The van der Waals surface area contributed by atoms with Crippen LogP contribution in [0.4, 0.5) is 11.4 Å². The molecule has 0 aliphatic carbocycles. The van der Waals surface area contributed by atoms with Crippen LogP contribution < -0.4 is 11.1 Å². The van der Waals surface area contributed by atoms with Crippen molar-refractivity contribution in [2.24, 2.45) is 0 Å². The Bertz CT molecular complexity index is 391. The first-order chi connectivity index (χ1) is 8.08. The van der Waals surface area contributed by atoms with Crippen LogP contribution in [-0.4, -0.2) is 23.5 Å². The third-order valence-electron chi connectivity index (χ3n) is 2.77. The predicted octanol–water partition coefficient (Wildman–Crippen LogP) is 2.04. The first-order valence-electron chi connectivity index (χ1n) is 5.86. The molecular formula is C13H20N2O2. The number of ketones is 1. The topological polar surface area (TPSA) is 75.3 Å². The normalized spacial score (nSPS) is 12.2. The van der Waals surface area contributed by atoms with E-state index in [0.29, 0.717) is 17.7 Å². The fourth-order valence-corrected chi connectivity index (χ4v) is 1.72. The Balaban J connectivity index is 2.84. The second kappa shape index (κ2) is 6.25. The van der Waals surface area contributed by atoms with E-state index in [1.54, 1.807) is 12.1 Å². The van der Waals surface area contributed by atoms with Crippen molar-refractivity contribution < 1.29 is 9.90 Å². The molecule has 0 aliphatic heterocycles. The van der Waals surface area contributed by atoms with Gasteiger partial charge in [0.05, 0.1) is 0 Å². The first kappa shape index (κ1) is 13.5. The second-order valence-electron chi connectivity index (χ2n) is 4.12. The minimum atomic E-state index is -0.0404. The number of carbonyl (C=O) groups excluding carboxylic acids is 1. The molecule has 4 heteroatoms. The fourth-order valence-electron chi connectivity index (χ4n) is 1.72. The van der Waals surface area contributed by atoms with E-state index in [2.05, 4.69) is 12.2 Å². The van der Waals surface area contributed by atoms with Gasteiger partial charge in [0.1, 0.15) is 0 Å². The van der Waals surface area contributed by atoms with Gasteiger partial charge in [0.2, 0.25) is 0 Å². The van der Waals surface area contributed by atoms with Crippen molar-refractivity contribution in [2.75, 3.05) is 17.7 Å². The van der Waals surface area contributed by atoms with Gasteiger partial charge in [-0.2, -0.15) is 0 Å². The van der Waals surface area contributed by atoms with Crippen LogP contribution in [0, 0.1) is 0 Å². The number of Topliss-reactive ketones (excluding diaryl/α,β-unsaturated/α-hetero) is 1. The average molecular weight is 236 g/mol. The predicted molar refractivity (Wildman–Crippen MR) is 70.3 cm³/mol. The summed E-state index contributed by atoms with van der Waals surface area (Å²) in [6.07, 6.45) is 1.61. The number of anilines is 2. The lowest BCUT2D eigenvalue weighted by molar-refractivity contribution is 0.101. The molecule has 1 atom stereocenters. The smallest absolute Gasteiger partial charge is 0.161 e. The average Bonchev–Trinajstić information content (AvgIpc) is 2.30. The van der Waals surface area contributed by atoms with Gasteiger partial charge in [0.15, 0.2) is 5.78 Å². The van der Waals surface area contributed by atoms with Crippen molar-refractivity contribution in [1.29, 1.82) is 0 Å². The van der Waals surface area contributed by atoms with Crippen molar-refractivity contribution in [1.82, 2.24) is 0 Å². The second-order valence-corrected chi connectivity index (χ2v) is 4.12. The molecule has 0 saturated carbocycles. The fraction of sp³-hybridized carbons (Fsp3) is 0.462. The summed E-state index contributed by atoms with van der Waals surface area (Å²) in [7, 11) is 0. The molecule has 4 N–H and O–H groups in total. The molecule has 17 heavy (non-hydrogen) atoms. The zero-order valence-corrected chi connectivity index (χ0v) is 10.4. The highest BCUT2D eigenvalue weighted by atomic mass is 16.3. The first-order valence-corrected chi connectivity index (χ1v) is 5.86. The SMILES string of the molecule is CCC(CCO)Nc1ccc(N)c(C(C)=O)c1. The van der Waals surface area contributed by atoms with Gasteiger partial charge in [-0.3, -0.25) is 4.79 Å². The largest absolute Gasteiger partial charge is 0.398 e. The van der Waals surface area contributed by atoms with E-state index < -0.39 is 0 Å². The molecule has 4 nitrogen and oxygen atoms in total. The van der Waals surface area contributed by atoms with Crippen LogP contribution in [0.25, 0.3) is 0 Å². The van der Waals surface area contributed by atoms with Gasteiger partial charge < -0.3 is 16.2 Å². The lowest BCUT2D eigenvalue weighted by atomic mass is 10.1. The number of carbonyl (C=O) groups is 1. The van der Waals surface area contributed by atoms with Gasteiger partial charge in [-0.25, -0.2) is 0 Å². The molecule has 1 rings (SSSR count). The van der Waals surface area contributed by atoms with Crippen LogP contribution in [0.5, 0.6) is 0 Å². The highest BCUT2D eigenvalue weighted by Crippen LogP contribution is 2.20. The third kappa shape index (κ3) is 3.75. The number of benzene rings is 1. The summed E-state index contributed by atoms with van der Waals surface area (Å²) in [6, 6.07) is 5.55. The van der Waals surface area contributed by atoms with Crippen molar-refractivity contribution in [3.63, 3.8) is 0 Å². The zero-order valence-electron chi connectivity index (χ0n) is 10.4. The van der Waals surface area contributed by atoms with Crippen LogP contribution >= 0.6 is 0 Å². The van der Waals surface area contributed by atoms with Crippen LogP contribution in [0.1, 0.15) is 37.0 Å². The Morgan fingerprint density at radius 1 is 1.53 bits per heavy atom. The summed E-state index contributed by atoms with van der Waals surface area (Å²) in [6.45, 7) is 3.71. The number of nitrogens with one attached hydrogen (secondary N) is 1. The van der Waals surface area contributed by atoms with Crippen LogP contribution in [-0.2, 0) is 0 Å². The van der Waals surface area contributed by atoms with E-state index in [-0.39, 0.29) is 18.4 Å². The number of nitrogen functional groups attached to an aromatic ring is 1. The molecule has 1 aromatic carbocycles. The van der Waals surface area contributed by atoms with Crippen LogP contribution in [0.2, 0.25) is 0 Å². The summed E-state index contributed by atoms with van der Waals surface area (Å²) in [5.41, 5.74) is 7.62. The quantitative estimate of drug-likeness (QED) is 0.522. The standard InChI is InChI=1S/C13H20N2O2/c1-3-10(6-7-16)15-11-4-5-13(14)12(8-11)9(2)17/h4-5,8,10,15-16H,3,6-7,14H2,1-2H3. The Morgan fingerprint density at radius 2 is 2.24 bits per heavy atom. The minimum Gasteiger partial charge on any atom is -0.398 e. The Hall–Kier alpha value is -1.55. The van der Waals surface area contributed by atoms with E-state index in [4.69, 9.17) is 10.8 Å². The molecule has 0 aliphatic rings. The molecule has 0 aromatic heterocycles. The minimum absolute atomic E-state index is 0.0404. The lowest BCUT2D eigenvalue weighted by Gasteiger charge is -2.18. The van der Waals surface area contributed by atoms with Crippen LogP contribution in [0.3, 0.4) is 0 Å². The van der Waals surface area contributed by atoms with Crippen molar-refractivity contribution in [3.8, 4) is 0 Å². The molecule has 1 aromatic rings. The maximum absolute atomic E-state index is 11.4. The van der Waals surface area contributed by atoms with Gasteiger partial charge in [-0.1, -0.05) is 6.92 Å².